The molecule has 3 nitrogen and oxygen atoms in total. The van der Waals surface area contributed by atoms with Crippen LogP contribution in [0.25, 0.3) is 6.08 Å². The summed E-state index contributed by atoms with van der Waals surface area (Å²) in [7, 11) is 0. The van der Waals surface area contributed by atoms with Crippen molar-refractivity contribution in [2.24, 2.45) is 0 Å². The molecule has 0 amide bonds. The maximum absolute atomic E-state index is 9.09. The summed E-state index contributed by atoms with van der Waals surface area (Å²) in [5.74, 6) is 1.43. The van der Waals surface area contributed by atoms with Gasteiger partial charge in [0.15, 0.2) is 0 Å². The van der Waals surface area contributed by atoms with E-state index in [0.29, 0.717) is 17.5 Å². The quantitative estimate of drug-likeness (QED) is 0.333. The van der Waals surface area contributed by atoms with E-state index in [4.69, 9.17) is 10.4 Å². The summed E-state index contributed by atoms with van der Waals surface area (Å²) in [6.07, 6.45) is 1.83. The maximum atomic E-state index is 9.09. The van der Waals surface area contributed by atoms with Gasteiger partial charge in [0, 0.05) is 0 Å². The van der Waals surface area contributed by atoms with Crippen molar-refractivity contribution in [1.29, 1.82) is 0 Å². The molecule has 0 aliphatic heterocycles. The molecule has 0 saturated heterocycles. The first-order chi connectivity index (χ1) is 13.9. The Kier molecular flexibility index (Phi) is 14.9. The van der Waals surface area contributed by atoms with Crippen LogP contribution in [-0.4, -0.2) is 10.9 Å². The SMILES string of the molecule is C=Cc1ccccc1.CC(C)=[O+][O-].CC(C)c1ccccc1.Oc1ccccc1. The van der Waals surface area contributed by atoms with Crippen LogP contribution in [0.3, 0.4) is 0 Å². The fraction of sp³-hybridized carbons (Fsp3) is 0.192. The first-order valence-corrected chi connectivity index (χ1v) is 9.47. The molecule has 0 atom stereocenters. The van der Waals surface area contributed by atoms with E-state index in [1.165, 1.54) is 11.1 Å². The van der Waals surface area contributed by atoms with Crippen molar-refractivity contribution in [2.45, 2.75) is 33.6 Å². The summed E-state index contributed by atoms with van der Waals surface area (Å²) in [6, 6.07) is 29.3. The third-order valence-corrected chi connectivity index (χ3v) is 3.42. The lowest BCUT2D eigenvalue weighted by molar-refractivity contribution is -1.05. The molecule has 1 N–H and O–H groups in total. The van der Waals surface area contributed by atoms with Crippen LogP contribution in [-0.2, 0) is 4.58 Å². The highest BCUT2D eigenvalue weighted by Gasteiger charge is 1.93. The summed E-state index contributed by atoms with van der Waals surface area (Å²) in [5, 5.41) is 17.7. The third-order valence-electron chi connectivity index (χ3n) is 3.42. The minimum atomic E-state index is 0.322. The molecular formula is C26H32O3. The lowest BCUT2D eigenvalue weighted by atomic mass is 10.0. The second-order valence-corrected chi connectivity index (χ2v) is 6.51. The van der Waals surface area contributed by atoms with Crippen molar-refractivity contribution in [1.82, 2.24) is 0 Å². The lowest BCUT2D eigenvalue weighted by Gasteiger charge is -2.01. The number of carbonyl (C=O) groups excluding carboxylic acids is 1. The molecule has 0 aliphatic rings. The van der Waals surface area contributed by atoms with Crippen molar-refractivity contribution in [2.75, 3.05) is 0 Å². The van der Waals surface area contributed by atoms with Crippen LogP contribution in [0.15, 0.2) is 97.6 Å². The zero-order valence-corrected chi connectivity index (χ0v) is 17.8. The van der Waals surface area contributed by atoms with Crippen LogP contribution >= 0.6 is 0 Å². The Balaban J connectivity index is 0.000000368. The molecule has 0 bridgehead atoms. The van der Waals surface area contributed by atoms with Gasteiger partial charge in [-0.05, 0) is 29.2 Å². The Morgan fingerprint density at radius 1 is 0.828 bits per heavy atom. The monoisotopic (exact) mass is 392 g/mol. The predicted octanol–water partition coefficient (Wildman–Crippen LogP) is 5.94. The van der Waals surface area contributed by atoms with Gasteiger partial charge in [-0.15, -0.1) is 0 Å². The van der Waals surface area contributed by atoms with Gasteiger partial charge in [-0.1, -0.05) is 105 Å². The summed E-state index contributed by atoms with van der Waals surface area (Å²) in [4.78, 5) is 0. The molecule has 0 aromatic heterocycles. The van der Waals surface area contributed by atoms with E-state index in [0.717, 1.165) is 0 Å². The lowest BCUT2D eigenvalue weighted by Crippen LogP contribution is -2.00. The minimum absolute atomic E-state index is 0.322. The van der Waals surface area contributed by atoms with Crippen molar-refractivity contribution in [3.8, 4) is 5.75 Å². The van der Waals surface area contributed by atoms with E-state index >= 15 is 0 Å². The van der Waals surface area contributed by atoms with E-state index in [2.05, 4.69) is 49.3 Å². The Morgan fingerprint density at radius 3 is 1.41 bits per heavy atom. The van der Waals surface area contributed by atoms with Gasteiger partial charge >= 0.3 is 5.78 Å². The number of rotatable bonds is 2. The second kappa shape index (κ2) is 16.8. The number of hydrogen-bond donors (Lipinski definition) is 1. The Labute approximate surface area is 175 Å². The molecule has 29 heavy (non-hydrogen) atoms. The smallest absolute Gasteiger partial charge is 0.323 e. The number of para-hydroxylation sites is 1. The molecule has 0 fully saturated rings. The number of hydrogen-bond acceptors (Lipinski definition) is 2. The number of phenolic OH excluding ortho intramolecular Hbond substituents is 1. The first-order valence-electron chi connectivity index (χ1n) is 9.47. The minimum Gasteiger partial charge on any atom is -0.508 e. The molecule has 3 aromatic carbocycles. The molecule has 0 aliphatic carbocycles. The average Bonchev–Trinajstić information content (AvgIpc) is 2.77. The van der Waals surface area contributed by atoms with Crippen LogP contribution in [0, 0.1) is 0 Å². The zero-order valence-electron chi connectivity index (χ0n) is 17.8. The fourth-order valence-corrected chi connectivity index (χ4v) is 1.86. The molecule has 0 heterocycles. The average molecular weight is 393 g/mol. The molecule has 3 aromatic rings. The predicted molar refractivity (Wildman–Crippen MR) is 122 cm³/mol. The highest BCUT2D eigenvalue weighted by atomic mass is 17.1. The number of benzene rings is 3. The first kappa shape index (κ1) is 25.7. The van der Waals surface area contributed by atoms with E-state index in [1.807, 2.05) is 48.5 Å². The van der Waals surface area contributed by atoms with E-state index in [-0.39, 0.29) is 0 Å². The summed E-state index contributed by atoms with van der Waals surface area (Å²) in [5.41, 5.74) is 2.59. The molecule has 3 heteroatoms. The topological polar surface area (TPSA) is 54.6 Å². The van der Waals surface area contributed by atoms with Crippen LogP contribution in [0.5, 0.6) is 5.75 Å². The molecule has 0 radical (unpaired) electrons. The number of aromatic hydroxyl groups is 1. The van der Waals surface area contributed by atoms with Crippen LogP contribution in [0.2, 0.25) is 0 Å². The van der Waals surface area contributed by atoms with Crippen LogP contribution in [0.4, 0.5) is 0 Å². The van der Waals surface area contributed by atoms with Crippen molar-refractivity contribution in [3.05, 3.63) is 109 Å². The molecular weight excluding hydrogens is 360 g/mol. The molecule has 3 rings (SSSR count). The number of ketones is 1. The van der Waals surface area contributed by atoms with E-state index < -0.39 is 0 Å². The van der Waals surface area contributed by atoms with E-state index in [9.17, 15) is 0 Å². The van der Waals surface area contributed by atoms with Gasteiger partial charge in [0.2, 0.25) is 0 Å². The van der Waals surface area contributed by atoms with Crippen LogP contribution < -0.4 is 5.26 Å². The fourth-order valence-electron chi connectivity index (χ4n) is 1.86. The zero-order chi connectivity index (χ0) is 21.9. The molecule has 0 saturated carbocycles. The van der Waals surface area contributed by atoms with E-state index in [1.54, 1.807) is 38.1 Å². The summed E-state index contributed by atoms with van der Waals surface area (Å²) in [6.45, 7) is 11.2. The Bertz CT molecular complexity index is 776. The van der Waals surface area contributed by atoms with Gasteiger partial charge < -0.3 is 10.4 Å². The second-order valence-electron chi connectivity index (χ2n) is 6.51. The van der Waals surface area contributed by atoms with Crippen molar-refractivity contribution < 1.29 is 14.9 Å². The summed E-state index contributed by atoms with van der Waals surface area (Å²) >= 11 is 0. The standard InChI is InChI=1S/C9H12.C8H8.C6H6O.C3H6O2/c1-8(2)9-6-4-3-5-7-9;1-2-8-6-4-3-5-7-8;7-6-4-2-1-3-5-6;1-3(2)5-4/h3-8H,1-2H3;2-7H,1H2;1-5,7H;1-2H3. The number of phenols is 1. The highest BCUT2D eigenvalue weighted by molar-refractivity contribution is 5.72. The normalized spacial score (nSPS) is 8.72. The molecule has 0 spiro atoms. The molecule has 154 valence electrons. The highest BCUT2D eigenvalue weighted by Crippen LogP contribution is 2.11. The van der Waals surface area contributed by atoms with Gasteiger partial charge in [0.05, 0.1) is 13.8 Å². The van der Waals surface area contributed by atoms with Gasteiger partial charge in [-0.3, -0.25) is 0 Å². The van der Waals surface area contributed by atoms with Gasteiger partial charge in [-0.2, -0.15) is 4.58 Å². The van der Waals surface area contributed by atoms with Crippen molar-refractivity contribution in [3.63, 3.8) is 0 Å². The largest absolute Gasteiger partial charge is 0.508 e. The van der Waals surface area contributed by atoms with Gasteiger partial charge in [-0.25, -0.2) is 0 Å². The van der Waals surface area contributed by atoms with Crippen molar-refractivity contribution >= 4 is 11.9 Å². The summed E-state index contributed by atoms with van der Waals surface area (Å²) < 4.78 is 3.42. The van der Waals surface area contributed by atoms with Gasteiger partial charge in [0.25, 0.3) is 0 Å². The maximum Gasteiger partial charge on any atom is 0.323 e. The Morgan fingerprint density at radius 2 is 1.21 bits per heavy atom. The van der Waals surface area contributed by atoms with Crippen LogP contribution in [0.1, 0.15) is 44.7 Å². The van der Waals surface area contributed by atoms with Gasteiger partial charge in [0.1, 0.15) is 5.75 Å². The molecule has 0 unspecified atom stereocenters. The third kappa shape index (κ3) is 15.4. The Hall–Kier alpha value is -3.33.